The maximum absolute atomic E-state index is 14.4. The summed E-state index contributed by atoms with van der Waals surface area (Å²) in [6.45, 7) is 5.40. The Bertz CT molecular complexity index is 718. The number of halogens is 1. The second-order valence-electron chi connectivity index (χ2n) is 7.48. The number of hydrogen-bond donors (Lipinski definition) is 0. The lowest BCUT2D eigenvalue weighted by molar-refractivity contribution is -0.00992. The van der Waals surface area contributed by atoms with Gasteiger partial charge in [0, 0.05) is 24.5 Å². The molecular formula is C18H23FN2O4S. The van der Waals surface area contributed by atoms with Crippen molar-refractivity contribution in [1.29, 1.82) is 0 Å². The fraction of sp³-hybridized carbons (Fsp3) is 0.556. The molecule has 2 aliphatic rings. The molecule has 2 aliphatic heterocycles. The third kappa shape index (κ3) is 3.90. The zero-order valence-electron chi connectivity index (χ0n) is 15.3. The van der Waals surface area contributed by atoms with Crippen LogP contribution in [0.1, 0.15) is 32.3 Å². The van der Waals surface area contributed by atoms with Crippen LogP contribution in [0.3, 0.4) is 0 Å². The molecule has 0 aliphatic carbocycles. The average Bonchev–Trinajstić information content (AvgIpc) is 2.87. The van der Waals surface area contributed by atoms with Crippen molar-refractivity contribution >= 4 is 29.6 Å². The van der Waals surface area contributed by atoms with Crippen LogP contribution in [-0.2, 0) is 9.47 Å². The van der Waals surface area contributed by atoms with E-state index in [4.69, 9.17) is 9.47 Å². The monoisotopic (exact) mass is 382 g/mol. The van der Waals surface area contributed by atoms with Gasteiger partial charge in [0.2, 0.25) is 0 Å². The number of nitrogens with zero attached hydrogens (tertiary/aromatic N) is 2. The average molecular weight is 382 g/mol. The molecule has 0 bridgehead atoms. The van der Waals surface area contributed by atoms with Gasteiger partial charge in [0.05, 0.1) is 12.2 Å². The molecule has 0 N–H and O–H groups in total. The van der Waals surface area contributed by atoms with Crippen LogP contribution in [0.5, 0.6) is 0 Å². The maximum atomic E-state index is 14.4. The van der Waals surface area contributed by atoms with Crippen LogP contribution >= 0.6 is 11.8 Å². The molecule has 142 valence electrons. The van der Waals surface area contributed by atoms with Gasteiger partial charge in [-0.05, 0) is 38.5 Å². The predicted octanol–water partition coefficient (Wildman–Crippen LogP) is 3.81. The van der Waals surface area contributed by atoms with Crippen LogP contribution in [0, 0.1) is 5.82 Å². The molecule has 1 aromatic rings. The van der Waals surface area contributed by atoms with Gasteiger partial charge < -0.3 is 9.47 Å². The van der Waals surface area contributed by atoms with Gasteiger partial charge in [0.1, 0.15) is 11.4 Å². The Morgan fingerprint density at radius 3 is 2.62 bits per heavy atom. The largest absolute Gasteiger partial charge is 0.444 e. The van der Waals surface area contributed by atoms with Gasteiger partial charge in [0.25, 0.3) is 0 Å². The lowest BCUT2D eigenvalue weighted by Crippen LogP contribution is -2.42. The minimum atomic E-state index is -0.789. The number of cyclic esters (lactones) is 1. The Morgan fingerprint density at radius 1 is 1.38 bits per heavy atom. The van der Waals surface area contributed by atoms with Crippen LogP contribution in [0.25, 0.3) is 0 Å². The molecule has 1 aromatic carbocycles. The van der Waals surface area contributed by atoms with Crippen LogP contribution < -0.4 is 4.90 Å². The van der Waals surface area contributed by atoms with Crippen LogP contribution in [0.15, 0.2) is 18.2 Å². The van der Waals surface area contributed by atoms with Crippen molar-refractivity contribution in [2.24, 2.45) is 0 Å². The van der Waals surface area contributed by atoms with E-state index >= 15 is 0 Å². The van der Waals surface area contributed by atoms with Gasteiger partial charge >= 0.3 is 12.2 Å². The first-order chi connectivity index (χ1) is 12.2. The molecule has 3 rings (SSSR count). The molecular weight excluding hydrogens is 359 g/mol. The zero-order chi connectivity index (χ0) is 19.1. The van der Waals surface area contributed by atoms with Gasteiger partial charge in [-0.1, -0.05) is 6.07 Å². The normalized spacial score (nSPS) is 20.6. The highest BCUT2D eigenvalue weighted by Gasteiger charge is 2.38. The van der Waals surface area contributed by atoms with Gasteiger partial charge in [-0.3, -0.25) is 9.80 Å². The molecule has 8 heteroatoms. The maximum Gasteiger partial charge on any atom is 0.416 e. The second-order valence-corrected chi connectivity index (χ2v) is 8.56. The number of anilines is 1. The Hall–Kier alpha value is -1.96. The van der Waals surface area contributed by atoms with E-state index in [1.807, 2.05) is 0 Å². The SMILES string of the molecule is CN(C(=O)OC(C)(C)C)[C@@H]1CN(c2ccc(C3CSC3)c(F)c2)C(=O)O1. The fourth-order valence-corrected chi connectivity index (χ4v) is 3.57. The van der Waals surface area contributed by atoms with Crippen molar-refractivity contribution in [2.45, 2.75) is 38.5 Å². The summed E-state index contributed by atoms with van der Waals surface area (Å²) in [6, 6.07) is 4.81. The highest BCUT2D eigenvalue weighted by atomic mass is 32.2. The molecule has 2 saturated heterocycles. The quantitative estimate of drug-likeness (QED) is 0.796. The summed E-state index contributed by atoms with van der Waals surface area (Å²) >= 11 is 1.79. The Balaban J connectivity index is 1.69. The van der Waals surface area contributed by atoms with Crippen molar-refractivity contribution in [2.75, 3.05) is 30.0 Å². The highest BCUT2D eigenvalue weighted by molar-refractivity contribution is 8.00. The Labute approximate surface area is 156 Å². The summed E-state index contributed by atoms with van der Waals surface area (Å²) in [6.07, 6.45) is -1.99. The molecule has 2 fully saturated rings. The number of benzene rings is 1. The van der Waals surface area contributed by atoms with Crippen molar-refractivity contribution in [3.63, 3.8) is 0 Å². The molecule has 0 aromatic heterocycles. The molecule has 6 nitrogen and oxygen atoms in total. The smallest absolute Gasteiger partial charge is 0.416 e. The first-order valence-electron chi connectivity index (χ1n) is 8.47. The summed E-state index contributed by atoms with van der Waals surface area (Å²) in [5, 5.41) is 0. The molecule has 1 atom stereocenters. The summed E-state index contributed by atoms with van der Waals surface area (Å²) in [7, 11) is 1.51. The summed E-state index contributed by atoms with van der Waals surface area (Å²) in [5.41, 5.74) is 0.456. The number of likely N-dealkylation sites (N-methyl/N-ethyl adjacent to an activating group) is 1. The van der Waals surface area contributed by atoms with Crippen LogP contribution in [0.2, 0.25) is 0 Å². The van der Waals surface area contributed by atoms with Gasteiger partial charge in [-0.25, -0.2) is 14.0 Å². The predicted molar refractivity (Wildman–Crippen MR) is 98.1 cm³/mol. The number of carbonyl (C=O) groups excluding carboxylic acids is 2. The number of thioether (sulfide) groups is 1. The minimum Gasteiger partial charge on any atom is -0.444 e. The molecule has 26 heavy (non-hydrogen) atoms. The summed E-state index contributed by atoms with van der Waals surface area (Å²) < 4.78 is 24.9. The molecule has 0 radical (unpaired) electrons. The van der Waals surface area contributed by atoms with Crippen molar-refractivity contribution in [3.05, 3.63) is 29.6 Å². The van der Waals surface area contributed by atoms with E-state index < -0.39 is 24.0 Å². The molecule has 2 heterocycles. The lowest BCUT2D eigenvalue weighted by atomic mass is 10.0. The number of amides is 2. The third-order valence-corrected chi connectivity index (χ3v) is 5.56. The van der Waals surface area contributed by atoms with Crippen molar-refractivity contribution < 1.29 is 23.5 Å². The number of hydrogen-bond acceptors (Lipinski definition) is 5. The second kappa shape index (κ2) is 6.98. The van der Waals surface area contributed by atoms with Gasteiger partial charge in [0.15, 0.2) is 6.23 Å². The van der Waals surface area contributed by atoms with E-state index in [-0.39, 0.29) is 18.3 Å². The first kappa shape index (κ1) is 18.8. The first-order valence-corrected chi connectivity index (χ1v) is 9.62. The van der Waals surface area contributed by atoms with Crippen LogP contribution in [-0.4, -0.2) is 54.0 Å². The van der Waals surface area contributed by atoms with E-state index in [1.54, 1.807) is 44.7 Å². The van der Waals surface area contributed by atoms with Crippen molar-refractivity contribution in [1.82, 2.24) is 4.90 Å². The molecule has 0 unspecified atom stereocenters. The van der Waals surface area contributed by atoms with E-state index in [2.05, 4.69) is 0 Å². The van der Waals surface area contributed by atoms with Gasteiger partial charge in [-0.15, -0.1) is 0 Å². The Kier molecular flexibility index (Phi) is 5.05. The lowest BCUT2D eigenvalue weighted by Gasteiger charge is -2.27. The van der Waals surface area contributed by atoms with E-state index in [0.29, 0.717) is 11.3 Å². The standard InChI is InChI=1S/C18H23FN2O4S/c1-18(2,3)25-16(22)20(4)15-8-21(17(23)24-15)12-5-6-13(14(19)7-12)11-9-26-10-11/h5-7,11,15H,8-10H2,1-4H3/t15-/m0/s1. The van der Waals surface area contributed by atoms with Gasteiger partial charge in [-0.2, -0.15) is 11.8 Å². The number of ether oxygens (including phenoxy) is 2. The van der Waals surface area contributed by atoms with Crippen LogP contribution in [0.4, 0.5) is 19.7 Å². The number of rotatable bonds is 3. The molecule has 0 saturated carbocycles. The Morgan fingerprint density at radius 2 is 2.08 bits per heavy atom. The minimum absolute atomic E-state index is 0.118. The van der Waals surface area contributed by atoms with E-state index in [9.17, 15) is 14.0 Å². The molecule has 0 spiro atoms. The molecule has 2 amide bonds. The zero-order valence-corrected chi connectivity index (χ0v) is 16.1. The van der Waals surface area contributed by atoms with Crippen molar-refractivity contribution in [3.8, 4) is 0 Å². The topological polar surface area (TPSA) is 59.1 Å². The third-order valence-electron chi connectivity index (χ3n) is 4.28. The summed E-state index contributed by atoms with van der Waals surface area (Å²) in [4.78, 5) is 26.9. The van der Waals surface area contributed by atoms with E-state index in [0.717, 1.165) is 11.5 Å². The highest BCUT2D eigenvalue weighted by Crippen LogP contribution is 2.36. The van der Waals surface area contributed by atoms with E-state index in [1.165, 1.54) is 22.9 Å². The summed E-state index contributed by atoms with van der Waals surface area (Å²) in [5.74, 6) is 1.77. The number of carbonyl (C=O) groups is 2. The fourth-order valence-electron chi connectivity index (χ4n) is 2.74.